The van der Waals surface area contributed by atoms with Crippen molar-refractivity contribution in [3.8, 4) is 17.2 Å². The number of aryl methyl sites for hydroxylation is 1. The average Bonchev–Trinajstić information content (AvgIpc) is 2.70. The van der Waals surface area contributed by atoms with Crippen LogP contribution in [-0.4, -0.2) is 39.8 Å². The molecule has 0 fully saturated rings. The van der Waals surface area contributed by atoms with Gasteiger partial charge in [0.2, 0.25) is 0 Å². The average molecular weight is 385 g/mol. The molecule has 28 heavy (non-hydrogen) atoms. The van der Waals surface area contributed by atoms with E-state index in [0.29, 0.717) is 28.5 Å². The van der Waals surface area contributed by atoms with E-state index in [2.05, 4.69) is 5.32 Å². The van der Waals surface area contributed by atoms with E-state index in [9.17, 15) is 9.59 Å². The van der Waals surface area contributed by atoms with Crippen molar-refractivity contribution in [2.24, 2.45) is 0 Å². The van der Waals surface area contributed by atoms with Crippen LogP contribution in [0, 0.1) is 6.92 Å². The van der Waals surface area contributed by atoms with Crippen LogP contribution in [0.2, 0.25) is 0 Å². The van der Waals surface area contributed by atoms with E-state index in [0.717, 1.165) is 5.56 Å². The number of methoxy groups -OCH3 is 3. The van der Waals surface area contributed by atoms with Gasteiger partial charge in [-0.3, -0.25) is 4.79 Å². The van der Waals surface area contributed by atoms with Crippen molar-refractivity contribution in [3.63, 3.8) is 0 Å². The lowest BCUT2D eigenvalue weighted by molar-refractivity contribution is -0.142. The number of rotatable bonds is 8. The molecule has 2 rings (SSSR count). The van der Waals surface area contributed by atoms with Crippen molar-refractivity contribution in [1.29, 1.82) is 0 Å². The standard InChI is InChI=1S/C21H23NO6/c1-14-5-9-18(26-3)17(11-14)22-20(23)13-28-21(24)10-7-15-6-8-16(25-2)12-19(15)27-4/h5-12H,13H2,1-4H3,(H,22,23)/b10-7+. The van der Waals surface area contributed by atoms with Gasteiger partial charge in [0.05, 0.1) is 27.0 Å². The van der Waals surface area contributed by atoms with Gasteiger partial charge in [0.15, 0.2) is 6.61 Å². The minimum Gasteiger partial charge on any atom is -0.497 e. The largest absolute Gasteiger partial charge is 0.497 e. The summed E-state index contributed by atoms with van der Waals surface area (Å²) in [5.41, 5.74) is 2.15. The highest BCUT2D eigenvalue weighted by molar-refractivity contribution is 5.95. The molecule has 0 spiro atoms. The Hall–Kier alpha value is -3.48. The fourth-order valence-electron chi connectivity index (χ4n) is 2.40. The van der Waals surface area contributed by atoms with Crippen LogP contribution >= 0.6 is 0 Å². The summed E-state index contributed by atoms with van der Waals surface area (Å²) in [6.07, 6.45) is 2.77. The smallest absolute Gasteiger partial charge is 0.331 e. The molecular weight excluding hydrogens is 362 g/mol. The monoisotopic (exact) mass is 385 g/mol. The van der Waals surface area contributed by atoms with Gasteiger partial charge in [-0.1, -0.05) is 6.07 Å². The number of hydrogen-bond donors (Lipinski definition) is 1. The number of benzene rings is 2. The molecule has 1 amide bonds. The molecule has 0 unspecified atom stereocenters. The number of nitrogens with one attached hydrogen (secondary N) is 1. The number of esters is 1. The Morgan fingerprint density at radius 1 is 0.964 bits per heavy atom. The summed E-state index contributed by atoms with van der Waals surface area (Å²) in [6, 6.07) is 10.6. The summed E-state index contributed by atoms with van der Waals surface area (Å²) in [7, 11) is 4.59. The third-order valence-corrected chi connectivity index (χ3v) is 3.81. The zero-order valence-electron chi connectivity index (χ0n) is 16.3. The first-order valence-electron chi connectivity index (χ1n) is 8.48. The van der Waals surface area contributed by atoms with Crippen molar-refractivity contribution in [1.82, 2.24) is 0 Å². The number of hydrogen-bond acceptors (Lipinski definition) is 6. The first-order valence-corrected chi connectivity index (χ1v) is 8.48. The molecule has 0 aromatic heterocycles. The molecule has 0 saturated heterocycles. The fourth-order valence-corrected chi connectivity index (χ4v) is 2.40. The number of amides is 1. The topological polar surface area (TPSA) is 83.1 Å². The summed E-state index contributed by atoms with van der Waals surface area (Å²) in [4.78, 5) is 23.9. The summed E-state index contributed by atoms with van der Waals surface area (Å²) in [5, 5.41) is 2.66. The second-order valence-corrected chi connectivity index (χ2v) is 5.80. The highest BCUT2D eigenvalue weighted by atomic mass is 16.5. The van der Waals surface area contributed by atoms with Gasteiger partial charge in [-0.25, -0.2) is 4.79 Å². The predicted octanol–water partition coefficient (Wildman–Crippen LogP) is 3.22. The van der Waals surface area contributed by atoms with Gasteiger partial charge in [0.25, 0.3) is 5.91 Å². The van der Waals surface area contributed by atoms with Gasteiger partial charge in [-0.15, -0.1) is 0 Å². The molecule has 0 heterocycles. The van der Waals surface area contributed by atoms with E-state index in [1.807, 2.05) is 13.0 Å². The Morgan fingerprint density at radius 2 is 1.71 bits per heavy atom. The van der Waals surface area contributed by atoms with Crippen LogP contribution in [0.25, 0.3) is 6.08 Å². The zero-order chi connectivity index (χ0) is 20.5. The van der Waals surface area contributed by atoms with Gasteiger partial charge < -0.3 is 24.3 Å². The highest BCUT2D eigenvalue weighted by Gasteiger charge is 2.10. The highest BCUT2D eigenvalue weighted by Crippen LogP contribution is 2.26. The van der Waals surface area contributed by atoms with Crippen LogP contribution in [0.3, 0.4) is 0 Å². The molecule has 1 N–H and O–H groups in total. The summed E-state index contributed by atoms with van der Waals surface area (Å²) in [6.45, 7) is 1.48. The lowest BCUT2D eigenvalue weighted by atomic mass is 10.2. The van der Waals surface area contributed by atoms with Crippen molar-refractivity contribution >= 4 is 23.6 Å². The Labute approximate surface area is 163 Å². The SMILES string of the molecule is COc1ccc(/C=C/C(=O)OCC(=O)Nc2cc(C)ccc2OC)c(OC)c1. The maximum absolute atomic E-state index is 12.0. The van der Waals surface area contributed by atoms with Crippen LogP contribution in [-0.2, 0) is 14.3 Å². The van der Waals surface area contributed by atoms with Crippen LogP contribution in [0.1, 0.15) is 11.1 Å². The molecule has 0 radical (unpaired) electrons. The predicted molar refractivity (Wildman–Crippen MR) is 106 cm³/mol. The molecule has 0 aliphatic heterocycles. The quantitative estimate of drug-likeness (QED) is 0.555. The minimum atomic E-state index is -0.649. The second-order valence-electron chi connectivity index (χ2n) is 5.80. The molecule has 0 saturated carbocycles. The number of carbonyl (C=O) groups is 2. The van der Waals surface area contributed by atoms with E-state index in [1.54, 1.807) is 43.5 Å². The molecule has 2 aromatic rings. The molecule has 7 heteroatoms. The Kier molecular flexibility index (Phi) is 7.45. The molecule has 148 valence electrons. The van der Waals surface area contributed by atoms with Gasteiger partial charge in [-0.05, 0) is 42.8 Å². The van der Waals surface area contributed by atoms with Crippen LogP contribution in [0.4, 0.5) is 5.69 Å². The second kappa shape index (κ2) is 10.0. The first-order chi connectivity index (χ1) is 13.5. The third-order valence-electron chi connectivity index (χ3n) is 3.81. The van der Waals surface area contributed by atoms with Crippen LogP contribution in [0.5, 0.6) is 17.2 Å². The van der Waals surface area contributed by atoms with Crippen LogP contribution in [0.15, 0.2) is 42.5 Å². The van der Waals surface area contributed by atoms with E-state index >= 15 is 0 Å². The minimum absolute atomic E-state index is 0.417. The number of ether oxygens (including phenoxy) is 4. The van der Waals surface area contributed by atoms with Gasteiger partial charge in [0, 0.05) is 17.7 Å². The summed E-state index contributed by atoms with van der Waals surface area (Å²) in [5.74, 6) is 0.598. The van der Waals surface area contributed by atoms with E-state index < -0.39 is 18.5 Å². The molecule has 2 aromatic carbocycles. The maximum atomic E-state index is 12.0. The molecule has 0 aliphatic carbocycles. The third kappa shape index (κ3) is 5.77. The van der Waals surface area contributed by atoms with Crippen molar-refractivity contribution in [3.05, 3.63) is 53.6 Å². The van der Waals surface area contributed by atoms with Gasteiger partial charge in [0.1, 0.15) is 17.2 Å². The lowest BCUT2D eigenvalue weighted by Gasteiger charge is -2.11. The maximum Gasteiger partial charge on any atom is 0.331 e. The van der Waals surface area contributed by atoms with Crippen molar-refractivity contribution < 1.29 is 28.5 Å². The van der Waals surface area contributed by atoms with Gasteiger partial charge in [-0.2, -0.15) is 0 Å². The molecular formula is C21H23NO6. The molecule has 0 atom stereocenters. The normalized spacial score (nSPS) is 10.4. The fraction of sp³-hybridized carbons (Fsp3) is 0.238. The molecule has 0 bridgehead atoms. The van der Waals surface area contributed by atoms with E-state index in [4.69, 9.17) is 18.9 Å². The number of carbonyl (C=O) groups excluding carboxylic acids is 2. The lowest BCUT2D eigenvalue weighted by Crippen LogP contribution is -2.20. The Bertz CT molecular complexity index is 875. The zero-order valence-corrected chi connectivity index (χ0v) is 16.3. The summed E-state index contributed by atoms with van der Waals surface area (Å²) >= 11 is 0. The number of anilines is 1. The molecule has 7 nitrogen and oxygen atoms in total. The van der Waals surface area contributed by atoms with Crippen LogP contribution < -0.4 is 19.5 Å². The Morgan fingerprint density at radius 3 is 2.39 bits per heavy atom. The molecule has 0 aliphatic rings. The van der Waals surface area contributed by atoms with Gasteiger partial charge >= 0.3 is 5.97 Å². The first kappa shape index (κ1) is 20.8. The van der Waals surface area contributed by atoms with E-state index in [-0.39, 0.29) is 0 Å². The van der Waals surface area contributed by atoms with Crippen molar-refractivity contribution in [2.45, 2.75) is 6.92 Å². The summed E-state index contributed by atoms with van der Waals surface area (Å²) < 4.78 is 20.6. The van der Waals surface area contributed by atoms with E-state index in [1.165, 1.54) is 20.3 Å². The Balaban J connectivity index is 1.93. The van der Waals surface area contributed by atoms with Crippen molar-refractivity contribution in [2.75, 3.05) is 33.3 Å².